The molecule has 1 fully saturated rings. The number of hydrogen-bond donors (Lipinski definition) is 1. The van der Waals surface area contributed by atoms with Crippen molar-refractivity contribution in [1.29, 1.82) is 0 Å². The lowest BCUT2D eigenvalue weighted by atomic mass is 10.1. The van der Waals surface area contributed by atoms with E-state index < -0.39 is 0 Å². The Kier molecular flexibility index (Phi) is 10.0. The van der Waals surface area contributed by atoms with Crippen LogP contribution in [0.3, 0.4) is 0 Å². The van der Waals surface area contributed by atoms with Crippen molar-refractivity contribution in [1.82, 2.24) is 10.2 Å². The third kappa shape index (κ3) is 7.68. The molecule has 1 radical (unpaired) electrons. The van der Waals surface area contributed by atoms with Crippen molar-refractivity contribution < 1.29 is 4.79 Å². The molecule has 0 aromatic rings. The van der Waals surface area contributed by atoms with Gasteiger partial charge in [-0.2, -0.15) is 0 Å². The van der Waals surface area contributed by atoms with Gasteiger partial charge in [0, 0.05) is 32.1 Å². The van der Waals surface area contributed by atoms with E-state index in [0.717, 1.165) is 26.2 Å². The second kappa shape index (κ2) is 11.4. The molecular formula is C16H31N2O. The number of hydrogen-bond acceptors (Lipinski definition) is 3. The maximum atomic E-state index is 10.5. The minimum Gasteiger partial charge on any atom is -0.314 e. The molecule has 1 aliphatic rings. The van der Waals surface area contributed by atoms with E-state index in [9.17, 15) is 4.79 Å². The first kappa shape index (κ1) is 16.6. The highest BCUT2D eigenvalue weighted by molar-refractivity contribution is 5.51. The van der Waals surface area contributed by atoms with E-state index in [1.165, 1.54) is 51.4 Å². The number of unbranched alkanes of at least 4 members (excludes halogenated alkanes) is 7. The Balaban J connectivity index is 1.99. The maximum absolute atomic E-state index is 10.5. The van der Waals surface area contributed by atoms with Crippen molar-refractivity contribution in [3.05, 3.63) is 0 Å². The first-order valence-electron chi connectivity index (χ1n) is 8.18. The quantitative estimate of drug-likeness (QED) is 0.584. The molecule has 0 aromatic heterocycles. The van der Waals surface area contributed by atoms with Crippen LogP contribution in [0.5, 0.6) is 0 Å². The molecule has 0 bridgehead atoms. The summed E-state index contributed by atoms with van der Waals surface area (Å²) in [4.78, 5) is 13.0. The van der Waals surface area contributed by atoms with Crippen LogP contribution < -0.4 is 5.32 Å². The van der Waals surface area contributed by atoms with Gasteiger partial charge in [-0.1, -0.05) is 51.9 Å². The van der Waals surface area contributed by atoms with E-state index in [4.69, 9.17) is 0 Å². The van der Waals surface area contributed by atoms with Crippen LogP contribution in [-0.2, 0) is 4.79 Å². The molecule has 1 saturated heterocycles. The fourth-order valence-electron chi connectivity index (χ4n) is 2.84. The molecule has 1 heterocycles. The van der Waals surface area contributed by atoms with E-state index in [0.29, 0.717) is 12.5 Å². The van der Waals surface area contributed by atoms with Gasteiger partial charge in [0.25, 0.3) is 0 Å². The molecule has 0 saturated carbocycles. The summed E-state index contributed by atoms with van der Waals surface area (Å²) in [6.45, 7) is 6.52. The van der Waals surface area contributed by atoms with E-state index >= 15 is 0 Å². The SMILES string of the molecule is CCCCCCCCCCN1CCNCC1C[C]=O. The maximum Gasteiger partial charge on any atom is 0.200 e. The minimum atomic E-state index is 0.385. The number of rotatable bonds is 11. The van der Waals surface area contributed by atoms with Crippen molar-refractivity contribution in [3.8, 4) is 0 Å². The van der Waals surface area contributed by atoms with Gasteiger partial charge < -0.3 is 5.32 Å². The third-order valence-corrected chi connectivity index (χ3v) is 4.09. The Morgan fingerprint density at radius 2 is 1.79 bits per heavy atom. The molecule has 0 aromatic carbocycles. The minimum absolute atomic E-state index is 0.385. The topological polar surface area (TPSA) is 32.3 Å². The molecule has 3 heteroatoms. The van der Waals surface area contributed by atoms with Crippen LogP contribution in [0.4, 0.5) is 0 Å². The Hall–Kier alpha value is -0.410. The second-order valence-electron chi connectivity index (χ2n) is 5.72. The van der Waals surface area contributed by atoms with Gasteiger partial charge in [-0.25, -0.2) is 0 Å². The van der Waals surface area contributed by atoms with Crippen LogP contribution >= 0.6 is 0 Å². The van der Waals surface area contributed by atoms with Crippen LogP contribution in [0.2, 0.25) is 0 Å². The molecule has 19 heavy (non-hydrogen) atoms. The highest BCUT2D eigenvalue weighted by Gasteiger charge is 2.20. The fraction of sp³-hybridized carbons (Fsp3) is 0.938. The Bertz CT molecular complexity index is 221. The summed E-state index contributed by atoms with van der Waals surface area (Å²) in [5.74, 6) is 0. The van der Waals surface area contributed by atoms with Crippen molar-refractivity contribution in [3.63, 3.8) is 0 Å². The van der Waals surface area contributed by atoms with Crippen LogP contribution in [0.15, 0.2) is 0 Å². The van der Waals surface area contributed by atoms with E-state index in [1.54, 1.807) is 0 Å². The second-order valence-corrected chi connectivity index (χ2v) is 5.72. The molecule has 1 aliphatic heterocycles. The van der Waals surface area contributed by atoms with Crippen molar-refractivity contribution in [2.24, 2.45) is 0 Å². The van der Waals surface area contributed by atoms with Gasteiger partial charge in [0.05, 0.1) is 0 Å². The Morgan fingerprint density at radius 3 is 2.47 bits per heavy atom. The standard InChI is InChI=1S/C16H31N2O/c1-2-3-4-5-6-7-8-9-12-18-13-11-17-15-16(18)10-14-19/h16-17H,2-13,15H2,1H3. The van der Waals surface area contributed by atoms with E-state index in [-0.39, 0.29) is 0 Å². The van der Waals surface area contributed by atoms with Gasteiger partial charge in [0.1, 0.15) is 0 Å². The Labute approximate surface area is 119 Å². The van der Waals surface area contributed by atoms with Gasteiger partial charge in [0.2, 0.25) is 0 Å². The molecule has 1 unspecified atom stereocenters. The number of nitrogens with zero attached hydrogens (tertiary/aromatic N) is 1. The smallest absolute Gasteiger partial charge is 0.200 e. The largest absolute Gasteiger partial charge is 0.314 e. The van der Waals surface area contributed by atoms with Gasteiger partial charge in [-0.3, -0.25) is 9.69 Å². The molecule has 1 atom stereocenters. The first-order chi connectivity index (χ1) is 9.38. The van der Waals surface area contributed by atoms with Crippen LogP contribution in [0.25, 0.3) is 0 Å². The van der Waals surface area contributed by atoms with Crippen molar-refractivity contribution in [2.75, 3.05) is 26.2 Å². The molecule has 0 spiro atoms. The summed E-state index contributed by atoms with van der Waals surface area (Å²) in [7, 11) is 0. The number of piperazine rings is 1. The summed E-state index contributed by atoms with van der Waals surface area (Å²) >= 11 is 0. The van der Waals surface area contributed by atoms with Gasteiger partial charge in [-0.05, 0) is 13.0 Å². The molecule has 1 N–H and O–H groups in total. The van der Waals surface area contributed by atoms with Crippen LogP contribution in [0.1, 0.15) is 64.7 Å². The zero-order valence-electron chi connectivity index (χ0n) is 12.6. The molecule has 0 amide bonds. The van der Waals surface area contributed by atoms with Crippen molar-refractivity contribution in [2.45, 2.75) is 70.8 Å². The molecule has 1 rings (SSSR count). The van der Waals surface area contributed by atoms with Gasteiger partial charge >= 0.3 is 0 Å². The van der Waals surface area contributed by atoms with E-state index in [2.05, 4.69) is 23.4 Å². The van der Waals surface area contributed by atoms with Crippen molar-refractivity contribution >= 4 is 6.29 Å². The highest BCUT2D eigenvalue weighted by Crippen LogP contribution is 2.11. The normalized spacial score (nSPS) is 20.6. The summed E-state index contributed by atoms with van der Waals surface area (Å²) in [5, 5.41) is 3.36. The molecule has 0 aliphatic carbocycles. The Morgan fingerprint density at radius 1 is 1.11 bits per heavy atom. The van der Waals surface area contributed by atoms with Crippen LogP contribution in [-0.4, -0.2) is 43.4 Å². The summed E-state index contributed by atoms with van der Waals surface area (Å²) in [5.41, 5.74) is 0. The zero-order chi connectivity index (χ0) is 13.8. The third-order valence-electron chi connectivity index (χ3n) is 4.09. The number of nitrogens with one attached hydrogen (secondary N) is 1. The summed E-state index contributed by atoms with van der Waals surface area (Å²) < 4.78 is 0. The average molecular weight is 267 g/mol. The monoisotopic (exact) mass is 267 g/mol. The fourth-order valence-corrected chi connectivity index (χ4v) is 2.84. The molecular weight excluding hydrogens is 236 g/mol. The molecule has 111 valence electrons. The zero-order valence-corrected chi connectivity index (χ0v) is 12.6. The predicted molar refractivity (Wildman–Crippen MR) is 81.2 cm³/mol. The predicted octanol–water partition coefficient (Wildman–Crippen LogP) is 2.90. The average Bonchev–Trinajstić information content (AvgIpc) is 2.44. The lowest BCUT2D eigenvalue weighted by Crippen LogP contribution is -2.51. The highest BCUT2D eigenvalue weighted by atomic mass is 16.1. The van der Waals surface area contributed by atoms with Gasteiger partial charge in [0.15, 0.2) is 6.29 Å². The number of carbonyl (C=O) groups excluding carboxylic acids is 1. The first-order valence-corrected chi connectivity index (χ1v) is 8.18. The summed E-state index contributed by atoms with van der Waals surface area (Å²) in [6, 6.07) is 0.385. The summed E-state index contributed by atoms with van der Waals surface area (Å²) in [6.07, 6.45) is 13.6. The lowest BCUT2D eigenvalue weighted by Gasteiger charge is -2.35. The lowest BCUT2D eigenvalue weighted by molar-refractivity contribution is 0.161. The molecule has 3 nitrogen and oxygen atoms in total. The van der Waals surface area contributed by atoms with Crippen LogP contribution in [0, 0.1) is 0 Å². The van der Waals surface area contributed by atoms with E-state index in [1.807, 2.05) is 0 Å². The van der Waals surface area contributed by atoms with Gasteiger partial charge in [-0.15, -0.1) is 0 Å².